The molecule has 4 rings (SSSR count). The van der Waals surface area contributed by atoms with Crippen molar-refractivity contribution in [3.05, 3.63) is 86.5 Å². The average molecular weight is 357 g/mol. The van der Waals surface area contributed by atoms with Gasteiger partial charge in [-0.15, -0.1) is 0 Å². The third-order valence-corrected chi connectivity index (χ3v) is 5.33. The summed E-state index contributed by atoms with van der Waals surface area (Å²) in [4.78, 5) is 13.2. The van der Waals surface area contributed by atoms with E-state index in [9.17, 15) is 10.1 Å². The summed E-state index contributed by atoms with van der Waals surface area (Å²) in [6.45, 7) is 4.04. The number of fused-ring (bicyclic) bond motifs is 3. The van der Waals surface area contributed by atoms with Gasteiger partial charge in [0.15, 0.2) is 0 Å². The van der Waals surface area contributed by atoms with Crippen LogP contribution >= 0.6 is 0 Å². The zero-order valence-electron chi connectivity index (χ0n) is 15.4. The van der Waals surface area contributed by atoms with Gasteiger partial charge in [0.2, 0.25) is 5.88 Å². The fourth-order valence-electron chi connectivity index (χ4n) is 3.70. The van der Waals surface area contributed by atoms with Gasteiger partial charge in [-0.3, -0.25) is 4.79 Å². The first-order valence-electron chi connectivity index (χ1n) is 8.70. The molecule has 0 saturated carbocycles. The second-order valence-corrected chi connectivity index (χ2v) is 6.89. The van der Waals surface area contributed by atoms with E-state index in [4.69, 9.17) is 10.5 Å². The molecule has 1 aromatic heterocycles. The van der Waals surface area contributed by atoms with E-state index in [0.29, 0.717) is 11.3 Å². The largest absolute Gasteiger partial charge is 0.439 e. The molecule has 1 aliphatic heterocycles. The highest BCUT2D eigenvalue weighted by Gasteiger charge is 2.35. The Hall–Kier alpha value is -3.52. The number of aryl methyl sites for hydroxylation is 3. The first-order chi connectivity index (χ1) is 12.9. The van der Waals surface area contributed by atoms with Gasteiger partial charge in [0.25, 0.3) is 5.56 Å². The molecule has 0 spiro atoms. The maximum atomic E-state index is 13.2. The summed E-state index contributed by atoms with van der Waals surface area (Å²) < 4.78 is 7.41. The highest BCUT2D eigenvalue weighted by Crippen LogP contribution is 2.43. The summed E-state index contributed by atoms with van der Waals surface area (Å²) in [5.41, 5.74) is 10.5. The van der Waals surface area contributed by atoms with Crippen LogP contribution in [0, 0.1) is 25.2 Å². The van der Waals surface area contributed by atoms with Crippen molar-refractivity contribution in [2.24, 2.45) is 12.8 Å². The van der Waals surface area contributed by atoms with Crippen molar-refractivity contribution >= 4 is 10.9 Å². The fourth-order valence-corrected chi connectivity index (χ4v) is 3.70. The molecule has 0 amide bonds. The van der Waals surface area contributed by atoms with E-state index in [2.05, 4.69) is 6.07 Å². The third-order valence-electron chi connectivity index (χ3n) is 5.33. The van der Waals surface area contributed by atoms with Crippen molar-refractivity contribution in [3.8, 4) is 11.8 Å². The number of aromatic nitrogens is 1. The van der Waals surface area contributed by atoms with Gasteiger partial charge in [-0.2, -0.15) is 5.26 Å². The zero-order chi connectivity index (χ0) is 19.3. The minimum atomic E-state index is -0.554. The zero-order valence-corrected chi connectivity index (χ0v) is 15.4. The van der Waals surface area contributed by atoms with E-state index in [0.717, 1.165) is 27.6 Å². The molecule has 2 N–H and O–H groups in total. The molecule has 0 saturated heterocycles. The fraction of sp³-hybridized carbons (Fsp3) is 0.182. The Kier molecular flexibility index (Phi) is 3.78. The lowest BCUT2D eigenvalue weighted by Crippen LogP contribution is -2.31. The molecule has 0 fully saturated rings. The van der Waals surface area contributed by atoms with Gasteiger partial charge < -0.3 is 15.0 Å². The molecule has 134 valence electrons. The lowest BCUT2D eigenvalue weighted by molar-refractivity contribution is 0.396. The van der Waals surface area contributed by atoms with Crippen molar-refractivity contribution in [1.29, 1.82) is 5.26 Å². The van der Waals surface area contributed by atoms with Crippen LogP contribution in [0.4, 0.5) is 0 Å². The Morgan fingerprint density at radius 3 is 2.59 bits per heavy atom. The van der Waals surface area contributed by atoms with Gasteiger partial charge in [-0.05, 0) is 42.7 Å². The standard InChI is InChI=1S/C22H19N3O2/c1-12-8-9-14(10-13(12)2)18-16(11-23)21(24)27-20-15-6-4-5-7-17(15)25(3)22(26)19(18)20/h4-10,18H,24H2,1-3H3. The number of hydrogen-bond acceptors (Lipinski definition) is 4. The van der Waals surface area contributed by atoms with E-state index in [-0.39, 0.29) is 17.0 Å². The molecule has 3 aromatic rings. The van der Waals surface area contributed by atoms with Crippen LogP contribution in [0.2, 0.25) is 0 Å². The molecule has 0 radical (unpaired) electrons. The maximum Gasteiger partial charge on any atom is 0.258 e. The highest BCUT2D eigenvalue weighted by molar-refractivity contribution is 5.88. The summed E-state index contributed by atoms with van der Waals surface area (Å²) in [5.74, 6) is -0.0681. The van der Waals surface area contributed by atoms with Gasteiger partial charge in [-0.1, -0.05) is 30.3 Å². The summed E-state index contributed by atoms with van der Waals surface area (Å²) in [6.07, 6.45) is 0. The lowest BCUT2D eigenvalue weighted by Gasteiger charge is -2.28. The van der Waals surface area contributed by atoms with Gasteiger partial charge >= 0.3 is 0 Å². The molecular weight excluding hydrogens is 338 g/mol. The monoisotopic (exact) mass is 357 g/mol. The van der Waals surface area contributed by atoms with E-state index < -0.39 is 5.92 Å². The topological polar surface area (TPSA) is 81.0 Å². The number of hydrogen-bond donors (Lipinski definition) is 1. The Balaban J connectivity index is 2.13. The van der Waals surface area contributed by atoms with Gasteiger partial charge in [0.05, 0.1) is 17.0 Å². The number of nitrogens with two attached hydrogens (primary N) is 1. The van der Waals surface area contributed by atoms with E-state index >= 15 is 0 Å². The minimum absolute atomic E-state index is 0.0478. The van der Waals surface area contributed by atoms with Gasteiger partial charge in [0, 0.05) is 12.4 Å². The molecular formula is C22H19N3O2. The number of rotatable bonds is 1. The van der Waals surface area contributed by atoms with Crippen LogP contribution < -0.4 is 16.0 Å². The molecule has 0 bridgehead atoms. The summed E-state index contributed by atoms with van der Waals surface area (Å²) >= 11 is 0. The van der Waals surface area contributed by atoms with Crippen molar-refractivity contribution in [3.63, 3.8) is 0 Å². The predicted octanol–water partition coefficient (Wildman–Crippen LogP) is 3.37. The number of para-hydroxylation sites is 1. The van der Waals surface area contributed by atoms with Crippen molar-refractivity contribution in [1.82, 2.24) is 4.57 Å². The maximum absolute atomic E-state index is 13.2. The summed E-state index contributed by atoms with van der Waals surface area (Å²) in [6, 6.07) is 15.6. The van der Waals surface area contributed by atoms with Crippen molar-refractivity contribution in [2.75, 3.05) is 0 Å². The smallest absolute Gasteiger partial charge is 0.258 e. The number of nitriles is 1. The summed E-state index contributed by atoms with van der Waals surface area (Å²) in [7, 11) is 1.73. The quantitative estimate of drug-likeness (QED) is 0.724. The van der Waals surface area contributed by atoms with Crippen LogP contribution in [-0.2, 0) is 7.05 Å². The number of pyridine rings is 1. The van der Waals surface area contributed by atoms with Crippen molar-refractivity contribution in [2.45, 2.75) is 19.8 Å². The second kappa shape index (κ2) is 6.03. The first-order valence-corrected chi connectivity index (χ1v) is 8.70. The van der Waals surface area contributed by atoms with Crippen LogP contribution in [-0.4, -0.2) is 4.57 Å². The summed E-state index contributed by atoms with van der Waals surface area (Å²) in [5, 5.41) is 10.5. The normalized spacial score (nSPS) is 16.0. The van der Waals surface area contributed by atoms with Crippen LogP contribution in [0.3, 0.4) is 0 Å². The van der Waals surface area contributed by atoms with Crippen LogP contribution in [0.25, 0.3) is 10.9 Å². The Morgan fingerprint density at radius 1 is 1.15 bits per heavy atom. The molecule has 1 aliphatic rings. The van der Waals surface area contributed by atoms with E-state index in [1.807, 2.05) is 56.3 Å². The predicted molar refractivity (Wildman–Crippen MR) is 104 cm³/mol. The molecule has 0 aliphatic carbocycles. The van der Waals surface area contributed by atoms with Crippen LogP contribution in [0.5, 0.6) is 5.75 Å². The molecule has 2 heterocycles. The van der Waals surface area contributed by atoms with Gasteiger partial charge in [-0.25, -0.2) is 0 Å². The van der Waals surface area contributed by atoms with Crippen LogP contribution in [0.1, 0.15) is 28.2 Å². The Bertz CT molecular complexity index is 1230. The minimum Gasteiger partial charge on any atom is -0.439 e. The molecule has 2 aromatic carbocycles. The van der Waals surface area contributed by atoms with Crippen LogP contribution in [0.15, 0.2) is 58.7 Å². The van der Waals surface area contributed by atoms with Crippen molar-refractivity contribution < 1.29 is 4.74 Å². The molecule has 5 heteroatoms. The Labute approximate surface area is 156 Å². The number of allylic oxidation sites excluding steroid dienone is 1. The molecule has 5 nitrogen and oxygen atoms in total. The van der Waals surface area contributed by atoms with E-state index in [1.54, 1.807) is 11.6 Å². The molecule has 1 atom stereocenters. The first kappa shape index (κ1) is 16.9. The second-order valence-electron chi connectivity index (χ2n) is 6.89. The third kappa shape index (κ3) is 2.42. The molecule has 1 unspecified atom stereocenters. The van der Waals surface area contributed by atoms with E-state index in [1.165, 1.54) is 0 Å². The lowest BCUT2D eigenvalue weighted by atomic mass is 9.82. The molecule has 27 heavy (non-hydrogen) atoms. The number of ether oxygens (including phenoxy) is 1. The highest BCUT2D eigenvalue weighted by atomic mass is 16.5. The van der Waals surface area contributed by atoms with Gasteiger partial charge in [0.1, 0.15) is 17.4 Å². The SMILES string of the molecule is Cc1ccc(C2C(C#N)=C(N)Oc3c2c(=O)n(C)c2ccccc32)cc1C. The number of benzene rings is 2. The average Bonchev–Trinajstić information content (AvgIpc) is 2.67. The Morgan fingerprint density at radius 2 is 1.89 bits per heavy atom. The number of nitrogens with zero attached hydrogens (tertiary/aromatic N) is 2.